The van der Waals surface area contributed by atoms with Gasteiger partial charge in [-0.25, -0.2) is 9.59 Å². The van der Waals surface area contributed by atoms with E-state index < -0.39 is 18.0 Å². The number of hydrogen-bond acceptors (Lipinski definition) is 6. The number of rotatable bonds is 7. The fourth-order valence-corrected chi connectivity index (χ4v) is 2.62. The maximum atomic E-state index is 12.3. The molecule has 1 atom stereocenters. The van der Waals surface area contributed by atoms with Crippen molar-refractivity contribution in [2.24, 2.45) is 0 Å². The van der Waals surface area contributed by atoms with Gasteiger partial charge in [-0.15, -0.1) is 0 Å². The lowest BCUT2D eigenvalue weighted by molar-refractivity contribution is -0.152. The summed E-state index contributed by atoms with van der Waals surface area (Å²) < 4.78 is 21.6. The van der Waals surface area contributed by atoms with Crippen LogP contribution in [0.25, 0.3) is 11.0 Å². The monoisotopic (exact) mass is 368 g/mol. The van der Waals surface area contributed by atoms with Crippen molar-refractivity contribution in [2.75, 3.05) is 6.61 Å². The number of esters is 2. The Bertz CT molecular complexity index is 928. The van der Waals surface area contributed by atoms with Crippen LogP contribution in [0.3, 0.4) is 0 Å². The zero-order chi connectivity index (χ0) is 19.2. The molecule has 6 heteroatoms. The second-order valence-corrected chi connectivity index (χ2v) is 5.81. The lowest BCUT2D eigenvalue weighted by atomic mass is 10.1. The fourth-order valence-electron chi connectivity index (χ4n) is 2.62. The van der Waals surface area contributed by atoms with Gasteiger partial charge in [-0.1, -0.05) is 36.4 Å². The molecule has 0 aliphatic rings. The lowest BCUT2D eigenvalue weighted by Crippen LogP contribution is -2.26. The van der Waals surface area contributed by atoms with Gasteiger partial charge in [-0.05, 0) is 32.0 Å². The van der Waals surface area contributed by atoms with E-state index in [0.29, 0.717) is 22.3 Å². The van der Waals surface area contributed by atoms with Gasteiger partial charge >= 0.3 is 11.9 Å². The maximum Gasteiger partial charge on any atom is 0.374 e. The molecule has 0 saturated carbocycles. The third kappa shape index (κ3) is 4.28. The van der Waals surface area contributed by atoms with Gasteiger partial charge < -0.3 is 18.6 Å². The van der Waals surface area contributed by atoms with Crippen LogP contribution in [-0.2, 0) is 20.9 Å². The van der Waals surface area contributed by atoms with Gasteiger partial charge in [-0.3, -0.25) is 0 Å². The van der Waals surface area contributed by atoms with Crippen LogP contribution >= 0.6 is 0 Å². The quantitative estimate of drug-likeness (QED) is 0.584. The molecule has 0 bridgehead atoms. The number of para-hydroxylation sites is 2. The number of benzene rings is 2. The van der Waals surface area contributed by atoms with Crippen molar-refractivity contribution in [3.63, 3.8) is 0 Å². The van der Waals surface area contributed by atoms with Gasteiger partial charge in [0.05, 0.1) is 12.2 Å². The van der Waals surface area contributed by atoms with Crippen LogP contribution in [-0.4, -0.2) is 24.6 Å². The Hall–Kier alpha value is -3.28. The molecule has 0 spiro atoms. The Morgan fingerprint density at radius 3 is 2.44 bits per heavy atom. The highest BCUT2D eigenvalue weighted by Crippen LogP contribution is 2.27. The first kappa shape index (κ1) is 18.5. The molecule has 140 valence electrons. The van der Waals surface area contributed by atoms with Crippen LogP contribution in [0.2, 0.25) is 0 Å². The smallest absolute Gasteiger partial charge is 0.374 e. The Morgan fingerprint density at radius 2 is 1.70 bits per heavy atom. The molecule has 0 fully saturated rings. The second-order valence-electron chi connectivity index (χ2n) is 5.81. The Labute approximate surface area is 156 Å². The summed E-state index contributed by atoms with van der Waals surface area (Å²) in [6.07, 6.45) is -0.795. The molecule has 0 radical (unpaired) electrons. The molecule has 0 amide bonds. The molecule has 1 aromatic heterocycles. The van der Waals surface area contributed by atoms with Crippen molar-refractivity contribution < 1.29 is 28.2 Å². The Kier molecular flexibility index (Phi) is 5.76. The highest BCUT2D eigenvalue weighted by Gasteiger charge is 2.24. The van der Waals surface area contributed by atoms with Gasteiger partial charge in [0.2, 0.25) is 5.76 Å². The molecule has 2 aromatic carbocycles. The predicted molar refractivity (Wildman–Crippen MR) is 98.5 cm³/mol. The van der Waals surface area contributed by atoms with E-state index in [1.54, 1.807) is 44.2 Å². The van der Waals surface area contributed by atoms with E-state index >= 15 is 0 Å². The summed E-state index contributed by atoms with van der Waals surface area (Å²) in [5, 5.41) is 0.699. The molecule has 0 N–H and O–H groups in total. The van der Waals surface area contributed by atoms with Crippen molar-refractivity contribution in [2.45, 2.75) is 26.6 Å². The van der Waals surface area contributed by atoms with Crippen LogP contribution in [0, 0.1) is 0 Å². The number of ether oxygens (including phenoxy) is 3. The third-order valence-electron chi connectivity index (χ3n) is 3.91. The van der Waals surface area contributed by atoms with Crippen LogP contribution in [0.15, 0.2) is 59.0 Å². The normalized spacial score (nSPS) is 11.8. The van der Waals surface area contributed by atoms with E-state index in [9.17, 15) is 9.59 Å². The summed E-state index contributed by atoms with van der Waals surface area (Å²) in [4.78, 5) is 24.5. The molecule has 6 nitrogen and oxygen atoms in total. The number of hydrogen-bond donors (Lipinski definition) is 0. The van der Waals surface area contributed by atoms with Crippen LogP contribution < -0.4 is 4.74 Å². The summed E-state index contributed by atoms with van der Waals surface area (Å²) >= 11 is 0. The number of carbonyl (C=O) groups excluding carboxylic acids is 2. The first-order valence-corrected chi connectivity index (χ1v) is 8.66. The van der Waals surface area contributed by atoms with Crippen molar-refractivity contribution >= 4 is 22.9 Å². The first-order chi connectivity index (χ1) is 13.1. The highest BCUT2D eigenvalue weighted by molar-refractivity contribution is 5.96. The summed E-state index contributed by atoms with van der Waals surface area (Å²) in [6, 6.07) is 16.2. The summed E-state index contributed by atoms with van der Waals surface area (Å²) in [5.74, 6) is -0.516. The molecule has 0 aliphatic heterocycles. The average molecular weight is 368 g/mol. The highest BCUT2D eigenvalue weighted by atomic mass is 16.6. The van der Waals surface area contributed by atoms with E-state index in [2.05, 4.69) is 0 Å². The molecule has 0 saturated heterocycles. The minimum absolute atomic E-state index is 0.0440. The minimum Gasteiger partial charge on any atom is -0.479 e. The van der Waals surface area contributed by atoms with E-state index in [0.717, 1.165) is 0 Å². The van der Waals surface area contributed by atoms with Crippen molar-refractivity contribution in [1.29, 1.82) is 0 Å². The predicted octanol–water partition coefficient (Wildman–Crippen LogP) is 4.12. The number of furan rings is 1. The SMILES string of the molecule is CCOC(=O)c1oc2ccccc2c1COC(=O)[C@@H](C)Oc1ccccc1. The zero-order valence-electron chi connectivity index (χ0n) is 15.1. The van der Waals surface area contributed by atoms with Crippen LogP contribution in [0.4, 0.5) is 0 Å². The van der Waals surface area contributed by atoms with Crippen LogP contribution in [0.1, 0.15) is 30.0 Å². The molecule has 0 aliphatic carbocycles. The largest absolute Gasteiger partial charge is 0.479 e. The third-order valence-corrected chi connectivity index (χ3v) is 3.91. The first-order valence-electron chi connectivity index (χ1n) is 8.66. The molecule has 3 rings (SSSR count). The molecule has 3 aromatic rings. The summed E-state index contributed by atoms with van der Waals surface area (Å²) in [5.41, 5.74) is 1.00. The lowest BCUT2D eigenvalue weighted by Gasteiger charge is -2.14. The minimum atomic E-state index is -0.795. The Morgan fingerprint density at radius 1 is 1.00 bits per heavy atom. The molecule has 27 heavy (non-hydrogen) atoms. The topological polar surface area (TPSA) is 75.0 Å². The number of fused-ring (bicyclic) bond motifs is 1. The van der Waals surface area contributed by atoms with Crippen LogP contribution in [0.5, 0.6) is 5.75 Å². The van der Waals surface area contributed by atoms with Crippen molar-refractivity contribution in [3.8, 4) is 5.75 Å². The standard InChI is InChI=1S/C21H20O6/c1-3-24-21(23)19-17(16-11-7-8-12-18(16)27-19)13-25-20(22)14(2)26-15-9-5-4-6-10-15/h4-12,14H,3,13H2,1-2H3/t14-/m1/s1. The number of carbonyl (C=O) groups is 2. The molecular weight excluding hydrogens is 348 g/mol. The van der Waals surface area contributed by atoms with Crippen molar-refractivity contribution in [3.05, 3.63) is 65.9 Å². The fraction of sp³-hybridized carbons (Fsp3) is 0.238. The summed E-state index contributed by atoms with van der Waals surface area (Å²) in [7, 11) is 0. The second kappa shape index (κ2) is 8.40. The Balaban J connectivity index is 1.74. The van der Waals surface area contributed by atoms with E-state index in [1.807, 2.05) is 24.3 Å². The van der Waals surface area contributed by atoms with Gasteiger partial charge in [0, 0.05) is 5.39 Å². The molecule has 1 heterocycles. The van der Waals surface area contributed by atoms with Gasteiger partial charge in [0.15, 0.2) is 6.10 Å². The van der Waals surface area contributed by atoms with Gasteiger partial charge in [-0.2, -0.15) is 0 Å². The average Bonchev–Trinajstić information content (AvgIpc) is 3.06. The summed E-state index contributed by atoms with van der Waals surface area (Å²) in [6.45, 7) is 3.42. The molecular formula is C21H20O6. The van der Waals surface area contributed by atoms with Crippen molar-refractivity contribution in [1.82, 2.24) is 0 Å². The maximum absolute atomic E-state index is 12.3. The zero-order valence-corrected chi connectivity index (χ0v) is 15.1. The van der Waals surface area contributed by atoms with Gasteiger partial charge in [0.25, 0.3) is 0 Å². The van der Waals surface area contributed by atoms with E-state index in [1.165, 1.54) is 0 Å². The van der Waals surface area contributed by atoms with Gasteiger partial charge in [0.1, 0.15) is 17.9 Å². The van der Waals surface area contributed by atoms with E-state index in [-0.39, 0.29) is 19.0 Å². The molecule has 0 unspecified atom stereocenters. The van der Waals surface area contributed by atoms with E-state index in [4.69, 9.17) is 18.6 Å².